The fourth-order valence-corrected chi connectivity index (χ4v) is 4.46. The van der Waals surface area contributed by atoms with Gasteiger partial charge in [-0.25, -0.2) is 4.79 Å². The first-order valence-corrected chi connectivity index (χ1v) is 14.1. The Kier molecular flexibility index (Phi) is 13.7. The molecule has 4 atom stereocenters. The topological polar surface area (TPSA) is 257 Å². The standard InChI is InChI=1S/C28H45N9O5/c1-16(2)23(26(40)35-21(27(41)42)11-7-13-33-28(31)32)37-25(39)22(36-24(38)19(30)9-5-6-12-29)14-17-15-34-20-10-4-3-8-18(17)20/h3-4,8,10,15-16,19,21-23,34H,5-7,9,11-14,29-30H2,1-2H3,(H,35,40)(H,36,38)(H,37,39)(H,41,42)(H4,31,32,33). The van der Waals surface area contributed by atoms with E-state index in [4.69, 9.17) is 22.9 Å². The quantitative estimate of drug-likeness (QED) is 0.0613. The van der Waals surface area contributed by atoms with Crippen molar-refractivity contribution in [3.05, 3.63) is 36.0 Å². The highest BCUT2D eigenvalue weighted by atomic mass is 16.4. The van der Waals surface area contributed by atoms with E-state index in [1.807, 2.05) is 24.3 Å². The zero-order valence-electron chi connectivity index (χ0n) is 24.3. The molecule has 0 aliphatic carbocycles. The first-order chi connectivity index (χ1) is 19.9. The molecule has 0 aliphatic rings. The van der Waals surface area contributed by atoms with Crippen molar-refractivity contribution in [2.75, 3.05) is 13.1 Å². The van der Waals surface area contributed by atoms with Gasteiger partial charge in [0.05, 0.1) is 6.04 Å². The molecule has 4 unspecified atom stereocenters. The van der Waals surface area contributed by atoms with Crippen LogP contribution in [-0.2, 0) is 25.6 Å². The molecule has 0 radical (unpaired) electrons. The van der Waals surface area contributed by atoms with Gasteiger partial charge in [-0.1, -0.05) is 38.5 Å². The monoisotopic (exact) mass is 587 g/mol. The Hall–Kier alpha value is -4.17. The number of nitrogens with zero attached hydrogens (tertiary/aromatic N) is 1. The number of H-pyrrole nitrogens is 1. The number of aliphatic imine (C=N–C) groups is 1. The lowest BCUT2D eigenvalue weighted by molar-refractivity contribution is -0.142. The Morgan fingerprint density at radius 3 is 2.26 bits per heavy atom. The Labute approximate surface area is 245 Å². The average Bonchev–Trinajstić information content (AvgIpc) is 3.34. The second-order valence-corrected chi connectivity index (χ2v) is 10.6. The zero-order chi connectivity index (χ0) is 31.2. The molecule has 2 aromatic rings. The van der Waals surface area contributed by atoms with Crippen LogP contribution < -0.4 is 38.9 Å². The highest BCUT2D eigenvalue weighted by Gasteiger charge is 2.32. The number of benzene rings is 1. The van der Waals surface area contributed by atoms with Gasteiger partial charge in [-0.05, 0) is 49.8 Å². The minimum atomic E-state index is -1.23. The summed E-state index contributed by atoms with van der Waals surface area (Å²) in [5, 5.41) is 18.5. The molecule has 1 heterocycles. The van der Waals surface area contributed by atoms with Crippen molar-refractivity contribution in [2.24, 2.45) is 33.8 Å². The predicted octanol–water partition coefficient (Wildman–Crippen LogP) is -0.585. The van der Waals surface area contributed by atoms with Crippen molar-refractivity contribution in [1.82, 2.24) is 20.9 Å². The first-order valence-electron chi connectivity index (χ1n) is 14.1. The fourth-order valence-electron chi connectivity index (χ4n) is 4.46. The summed E-state index contributed by atoms with van der Waals surface area (Å²) in [7, 11) is 0. The minimum Gasteiger partial charge on any atom is -0.480 e. The van der Waals surface area contributed by atoms with Crippen LogP contribution in [0.2, 0.25) is 0 Å². The summed E-state index contributed by atoms with van der Waals surface area (Å²) in [6, 6.07) is 3.38. The first kappa shape index (κ1) is 34.0. The normalized spacial score (nSPS) is 14.0. The summed E-state index contributed by atoms with van der Waals surface area (Å²) in [5.41, 5.74) is 23.9. The average molecular weight is 588 g/mol. The van der Waals surface area contributed by atoms with Crippen LogP contribution in [0.1, 0.15) is 51.5 Å². The van der Waals surface area contributed by atoms with Crippen LogP contribution in [0.5, 0.6) is 0 Å². The van der Waals surface area contributed by atoms with Gasteiger partial charge < -0.3 is 49.0 Å². The van der Waals surface area contributed by atoms with Crippen LogP contribution in [-0.4, -0.2) is 77.0 Å². The van der Waals surface area contributed by atoms with E-state index in [-0.39, 0.29) is 25.3 Å². The Bertz CT molecular complexity index is 1230. The number of carbonyl (C=O) groups excluding carboxylic acids is 3. The molecule has 0 saturated heterocycles. The van der Waals surface area contributed by atoms with Crippen molar-refractivity contribution >= 4 is 40.6 Å². The van der Waals surface area contributed by atoms with E-state index in [0.717, 1.165) is 22.9 Å². The van der Waals surface area contributed by atoms with E-state index >= 15 is 0 Å². The van der Waals surface area contributed by atoms with Gasteiger partial charge in [-0.2, -0.15) is 0 Å². The number of aliphatic carboxylic acids is 1. The SMILES string of the molecule is CC(C)C(NC(=O)C(Cc1c[nH]c2ccccc12)NC(=O)C(N)CCCCN)C(=O)NC(CCCN=C(N)N)C(=O)O. The maximum Gasteiger partial charge on any atom is 0.326 e. The lowest BCUT2D eigenvalue weighted by atomic mass is 9.99. The molecule has 0 aliphatic heterocycles. The molecular formula is C28H45N9O5. The van der Waals surface area contributed by atoms with Crippen LogP contribution in [0.25, 0.3) is 10.9 Å². The third-order valence-electron chi connectivity index (χ3n) is 6.84. The number of aromatic nitrogens is 1. The molecule has 0 saturated carbocycles. The van der Waals surface area contributed by atoms with Crippen molar-refractivity contribution in [1.29, 1.82) is 0 Å². The van der Waals surface area contributed by atoms with Gasteiger partial charge in [-0.3, -0.25) is 19.4 Å². The molecule has 13 N–H and O–H groups in total. The smallest absolute Gasteiger partial charge is 0.326 e. The van der Waals surface area contributed by atoms with E-state index in [9.17, 15) is 24.3 Å². The Balaban J connectivity index is 2.21. The maximum atomic E-state index is 13.6. The van der Waals surface area contributed by atoms with Gasteiger partial charge in [0.2, 0.25) is 17.7 Å². The number of rotatable bonds is 18. The van der Waals surface area contributed by atoms with Crippen LogP contribution in [0, 0.1) is 5.92 Å². The number of carboxylic acids is 1. The Morgan fingerprint density at radius 1 is 0.929 bits per heavy atom. The second-order valence-electron chi connectivity index (χ2n) is 10.6. The Morgan fingerprint density at radius 2 is 1.62 bits per heavy atom. The third-order valence-corrected chi connectivity index (χ3v) is 6.84. The molecule has 2 rings (SSSR count). The number of carboxylic acid groups (broad SMARTS) is 1. The number of nitrogens with one attached hydrogen (secondary N) is 4. The van der Waals surface area contributed by atoms with Gasteiger partial charge >= 0.3 is 5.97 Å². The largest absolute Gasteiger partial charge is 0.480 e. The molecule has 14 heteroatoms. The van der Waals surface area contributed by atoms with Crippen LogP contribution in [0.3, 0.4) is 0 Å². The molecular weight excluding hydrogens is 542 g/mol. The van der Waals surface area contributed by atoms with E-state index in [0.29, 0.717) is 25.8 Å². The summed E-state index contributed by atoms with van der Waals surface area (Å²) in [6.07, 6.45) is 4.09. The summed E-state index contributed by atoms with van der Waals surface area (Å²) in [5.74, 6) is -3.49. The summed E-state index contributed by atoms with van der Waals surface area (Å²) in [6.45, 7) is 4.13. The van der Waals surface area contributed by atoms with E-state index < -0.39 is 53.8 Å². The predicted molar refractivity (Wildman–Crippen MR) is 161 cm³/mol. The molecule has 14 nitrogen and oxygen atoms in total. The van der Waals surface area contributed by atoms with Gasteiger partial charge in [0, 0.05) is 30.1 Å². The van der Waals surface area contributed by atoms with Crippen molar-refractivity contribution < 1.29 is 24.3 Å². The van der Waals surface area contributed by atoms with E-state index in [2.05, 4.69) is 25.9 Å². The van der Waals surface area contributed by atoms with Crippen molar-refractivity contribution in [3.8, 4) is 0 Å². The number of amides is 3. The fraction of sp³-hybridized carbons (Fsp3) is 0.536. The van der Waals surface area contributed by atoms with Crippen molar-refractivity contribution in [3.63, 3.8) is 0 Å². The molecule has 232 valence electrons. The number of guanidine groups is 1. The number of aromatic amines is 1. The summed E-state index contributed by atoms with van der Waals surface area (Å²) < 4.78 is 0. The number of nitrogens with two attached hydrogens (primary N) is 4. The minimum absolute atomic E-state index is 0.0813. The molecule has 1 aromatic heterocycles. The molecule has 0 fully saturated rings. The van der Waals surface area contributed by atoms with Crippen molar-refractivity contribution in [2.45, 2.75) is 76.5 Å². The van der Waals surface area contributed by atoms with Crippen LogP contribution in [0.15, 0.2) is 35.5 Å². The van der Waals surface area contributed by atoms with Crippen LogP contribution in [0.4, 0.5) is 0 Å². The van der Waals surface area contributed by atoms with Gasteiger partial charge in [0.1, 0.15) is 18.1 Å². The maximum absolute atomic E-state index is 13.6. The summed E-state index contributed by atoms with van der Waals surface area (Å²) >= 11 is 0. The number of fused-ring (bicyclic) bond motifs is 1. The third kappa shape index (κ3) is 10.7. The molecule has 0 spiro atoms. The van der Waals surface area contributed by atoms with Gasteiger partial charge in [-0.15, -0.1) is 0 Å². The number of carbonyl (C=O) groups is 4. The van der Waals surface area contributed by atoms with Gasteiger partial charge in [0.15, 0.2) is 5.96 Å². The molecule has 42 heavy (non-hydrogen) atoms. The lowest BCUT2D eigenvalue weighted by Crippen LogP contribution is -2.58. The molecule has 1 aromatic carbocycles. The lowest BCUT2D eigenvalue weighted by Gasteiger charge is -2.27. The van der Waals surface area contributed by atoms with E-state index in [1.54, 1.807) is 20.0 Å². The number of para-hydroxylation sites is 1. The number of hydrogen-bond donors (Lipinski definition) is 9. The molecule has 0 bridgehead atoms. The van der Waals surface area contributed by atoms with Gasteiger partial charge in [0.25, 0.3) is 0 Å². The number of unbranched alkanes of at least 4 members (excludes halogenated alkanes) is 1. The highest BCUT2D eigenvalue weighted by molar-refractivity contribution is 5.95. The number of hydrogen-bond acceptors (Lipinski definition) is 7. The second kappa shape index (κ2) is 16.9. The zero-order valence-corrected chi connectivity index (χ0v) is 24.3. The highest BCUT2D eigenvalue weighted by Crippen LogP contribution is 2.19. The molecule has 3 amide bonds. The summed E-state index contributed by atoms with van der Waals surface area (Å²) in [4.78, 5) is 58.5. The van der Waals surface area contributed by atoms with E-state index in [1.165, 1.54) is 0 Å². The van der Waals surface area contributed by atoms with Crippen LogP contribution >= 0.6 is 0 Å².